The number of hydrogen-bond donors (Lipinski definition) is 2. The van der Waals surface area contributed by atoms with Crippen LogP contribution in [0, 0.1) is 13.8 Å². The van der Waals surface area contributed by atoms with E-state index >= 15 is 0 Å². The number of nitrogens with one attached hydrogen (secondary N) is 2. The molecule has 0 saturated carbocycles. The molecule has 1 aliphatic heterocycles. The van der Waals surface area contributed by atoms with E-state index in [1.807, 2.05) is 47.4 Å². The Hall–Kier alpha value is -3.89. The van der Waals surface area contributed by atoms with Crippen molar-refractivity contribution in [3.05, 3.63) is 107 Å². The Morgan fingerprint density at radius 1 is 1.05 bits per heavy atom. The molecular weight excluding hydrogens is 530 g/mol. The van der Waals surface area contributed by atoms with Crippen LogP contribution in [0.25, 0.3) is 0 Å². The molecular formula is C29H31N5O3S2. The van der Waals surface area contributed by atoms with Crippen molar-refractivity contribution in [1.82, 2.24) is 14.9 Å². The van der Waals surface area contributed by atoms with E-state index in [-0.39, 0.29) is 12.1 Å². The first-order valence-corrected chi connectivity index (χ1v) is 14.8. The van der Waals surface area contributed by atoms with E-state index in [0.717, 1.165) is 41.1 Å². The smallest absolute Gasteiger partial charge is 0.229 e. The van der Waals surface area contributed by atoms with Gasteiger partial charge in [-0.1, -0.05) is 36.4 Å². The maximum atomic E-state index is 12.1. The van der Waals surface area contributed by atoms with Gasteiger partial charge in [0.15, 0.2) is 5.11 Å². The Bertz CT molecular complexity index is 1600. The molecule has 0 spiro atoms. The highest BCUT2D eigenvalue weighted by Gasteiger charge is 2.42. The summed E-state index contributed by atoms with van der Waals surface area (Å²) in [5.74, 6) is 0.418. The average Bonchev–Trinajstić information content (AvgIpc) is 3.39. The lowest BCUT2D eigenvalue weighted by atomic mass is 9.96. The molecule has 1 aliphatic rings. The molecule has 0 aliphatic carbocycles. The number of aryl methyl sites for hydroxylation is 1. The van der Waals surface area contributed by atoms with Crippen LogP contribution in [-0.4, -0.2) is 36.4 Å². The van der Waals surface area contributed by atoms with Gasteiger partial charge in [0.05, 0.1) is 36.8 Å². The van der Waals surface area contributed by atoms with Gasteiger partial charge in [0.2, 0.25) is 10.0 Å². The largest absolute Gasteiger partial charge is 0.495 e. The molecule has 2 N–H and O–H groups in total. The van der Waals surface area contributed by atoms with Crippen LogP contribution in [0.4, 0.5) is 11.4 Å². The lowest BCUT2D eigenvalue weighted by Gasteiger charge is -2.29. The lowest BCUT2D eigenvalue weighted by Crippen LogP contribution is -2.29. The third kappa shape index (κ3) is 5.48. The predicted molar refractivity (Wildman–Crippen MR) is 159 cm³/mol. The number of thiocarbonyl (C=S) groups is 1. The molecule has 5 rings (SSSR count). The quantitative estimate of drug-likeness (QED) is 0.289. The summed E-state index contributed by atoms with van der Waals surface area (Å²) in [5.41, 5.74) is 6.53. The molecule has 3 heterocycles. The number of methoxy groups -OCH3 is 1. The molecule has 0 amide bonds. The van der Waals surface area contributed by atoms with E-state index < -0.39 is 10.0 Å². The van der Waals surface area contributed by atoms with Crippen LogP contribution in [-0.2, 0) is 16.6 Å². The van der Waals surface area contributed by atoms with Crippen molar-refractivity contribution < 1.29 is 13.2 Å². The molecule has 2 aromatic carbocycles. The van der Waals surface area contributed by atoms with Gasteiger partial charge in [-0.3, -0.25) is 9.71 Å². The third-order valence-corrected chi connectivity index (χ3v) is 7.87. The molecule has 4 aromatic rings. The van der Waals surface area contributed by atoms with Crippen molar-refractivity contribution in [2.75, 3.05) is 23.0 Å². The normalized spacial score (nSPS) is 17.2. The fourth-order valence-electron chi connectivity index (χ4n) is 5.21. The average molecular weight is 562 g/mol. The van der Waals surface area contributed by atoms with E-state index in [9.17, 15) is 8.42 Å². The molecule has 10 heteroatoms. The zero-order valence-corrected chi connectivity index (χ0v) is 23.9. The fraction of sp³-hybridized carbons (Fsp3) is 0.241. The summed E-state index contributed by atoms with van der Waals surface area (Å²) >= 11 is 5.89. The Kier molecular flexibility index (Phi) is 7.33. The highest BCUT2D eigenvalue weighted by atomic mass is 32.2. The molecule has 2 atom stereocenters. The minimum Gasteiger partial charge on any atom is -0.495 e. The van der Waals surface area contributed by atoms with Crippen LogP contribution < -0.4 is 19.7 Å². The van der Waals surface area contributed by atoms with Gasteiger partial charge in [-0.05, 0) is 73.6 Å². The molecule has 8 nitrogen and oxygen atoms in total. The van der Waals surface area contributed by atoms with Gasteiger partial charge in [0.25, 0.3) is 0 Å². The Labute approximate surface area is 234 Å². The number of rotatable bonds is 8. The summed E-state index contributed by atoms with van der Waals surface area (Å²) in [4.78, 5) is 6.69. The number of benzene rings is 2. The predicted octanol–water partition coefficient (Wildman–Crippen LogP) is 5.11. The van der Waals surface area contributed by atoms with Crippen LogP contribution in [0.2, 0.25) is 0 Å². The van der Waals surface area contributed by atoms with Crippen molar-refractivity contribution in [2.45, 2.75) is 32.5 Å². The first-order chi connectivity index (χ1) is 18.7. The summed E-state index contributed by atoms with van der Waals surface area (Å²) in [6, 6.07) is 23.4. The van der Waals surface area contributed by atoms with E-state index in [0.29, 0.717) is 16.5 Å². The van der Waals surface area contributed by atoms with Crippen LogP contribution in [0.3, 0.4) is 0 Å². The molecule has 2 aromatic heterocycles. The SMILES string of the molecule is COc1ccc(N2C(=S)N[C@H](c3ccccn3)[C@@H]2c2cc(C)n(Cc3ccccc3)c2C)cc1NS(C)(=O)=O. The third-order valence-electron chi connectivity index (χ3n) is 6.97. The van der Waals surface area contributed by atoms with Gasteiger partial charge in [0.1, 0.15) is 5.75 Å². The number of sulfonamides is 1. The van der Waals surface area contributed by atoms with Gasteiger partial charge in [0, 0.05) is 29.8 Å². The second kappa shape index (κ2) is 10.7. The number of aromatic nitrogens is 2. The van der Waals surface area contributed by atoms with E-state index in [2.05, 4.69) is 51.6 Å². The zero-order chi connectivity index (χ0) is 27.7. The van der Waals surface area contributed by atoms with Crippen molar-refractivity contribution in [1.29, 1.82) is 0 Å². The topological polar surface area (TPSA) is 88.5 Å². The molecule has 0 unspecified atom stereocenters. The fourth-order valence-corrected chi connectivity index (χ4v) is 6.12. The van der Waals surface area contributed by atoms with Crippen LogP contribution in [0.5, 0.6) is 5.75 Å². The highest BCUT2D eigenvalue weighted by molar-refractivity contribution is 7.92. The molecule has 1 saturated heterocycles. The van der Waals surface area contributed by atoms with Gasteiger partial charge >= 0.3 is 0 Å². The minimum absolute atomic E-state index is 0.224. The van der Waals surface area contributed by atoms with Crippen molar-refractivity contribution in [3.8, 4) is 5.75 Å². The number of pyridine rings is 1. The number of ether oxygens (including phenoxy) is 1. The van der Waals surface area contributed by atoms with Gasteiger partial charge in [-0.2, -0.15) is 0 Å². The van der Waals surface area contributed by atoms with Gasteiger partial charge in [-0.15, -0.1) is 0 Å². The van der Waals surface area contributed by atoms with Gasteiger partial charge in [-0.25, -0.2) is 8.42 Å². The summed E-state index contributed by atoms with van der Waals surface area (Å²) in [6.07, 6.45) is 2.89. The van der Waals surface area contributed by atoms with Crippen molar-refractivity contribution in [2.24, 2.45) is 0 Å². The second-order valence-corrected chi connectivity index (χ2v) is 11.8. The minimum atomic E-state index is -3.53. The summed E-state index contributed by atoms with van der Waals surface area (Å²) < 4.78 is 34.5. The van der Waals surface area contributed by atoms with Crippen LogP contribution in [0.1, 0.15) is 40.3 Å². The molecule has 0 radical (unpaired) electrons. The number of nitrogens with zero attached hydrogens (tertiary/aromatic N) is 3. The standard InChI is InChI=1S/C29H31N5O3S2/c1-19-16-23(20(2)33(19)18-21-10-6-5-7-11-21)28-27(24-12-8-9-15-30-24)31-29(38)34(28)22-13-14-26(37-3)25(17-22)32-39(4,35)36/h5-17,27-28,32H,18H2,1-4H3,(H,31,38)/t27-,28+/m1/s1. The molecule has 202 valence electrons. The summed E-state index contributed by atoms with van der Waals surface area (Å²) in [7, 11) is -2.03. The Balaban J connectivity index is 1.64. The van der Waals surface area contributed by atoms with Crippen molar-refractivity contribution in [3.63, 3.8) is 0 Å². The number of hydrogen-bond acceptors (Lipinski definition) is 5. The van der Waals surface area contributed by atoms with Gasteiger partial charge < -0.3 is 19.5 Å². The molecule has 1 fully saturated rings. The lowest BCUT2D eigenvalue weighted by molar-refractivity contribution is 0.417. The summed E-state index contributed by atoms with van der Waals surface area (Å²) in [6.45, 7) is 5.00. The summed E-state index contributed by atoms with van der Waals surface area (Å²) in [5, 5.41) is 4.01. The first-order valence-electron chi connectivity index (χ1n) is 12.5. The monoisotopic (exact) mass is 561 g/mol. The highest BCUT2D eigenvalue weighted by Crippen LogP contribution is 2.44. The Morgan fingerprint density at radius 2 is 1.79 bits per heavy atom. The maximum absolute atomic E-state index is 12.1. The van der Waals surface area contributed by atoms with E-state index in [1.54, 1.807) is 18.3 Å². The first kappa shape index (κ1) is 26.7. The van der Waals surface area contributed by atoms with Crippen molar-refractivity contribution >= 4 is 38.7 Å². The molecule has 0 bridgehead atoms. The van der Waals surface area contributed by atoms with E-state index in [1.165, 1.54) is 12.7 Å². The van der Waals surface area contributed by atoms with Crippen LogP contribution >= 0.6 is 12.2 Å². The molecule has 39 heavy (non-hydrogen) atoms. The zero-order valence-electron chi connectivity index (χ0n) is 22.3. The number of anilines is 2. The second-order valence-electron chi connectivity index (χ2n) is 9.65. The Morgan fingerprint density at radius 3 is 2.46 bits per heavy atom. The van der Waals surface area contributed by atoms with E-state index in [4.69, 9.17) is 17.0 Å². The van der Waals surface area contributed by atoms with Crippen LogP contribution in [0.15, 0.2) is 79.0 Å². The maximum Gasteiger partial charge on any atom is 0.229 e.